The molecule has 0 atom stereocenters. The van der Waals surface area contributed by atoms with Crippen LogP contribution in [0.25, 0.3) is 0 Å². The first kappa shape index (κ1) is 22.6. The van der Waals surface area contributed by atoms with Gasteiger partial charge >= 0.3 is 0 Å². The summed E-state index contributed by atoms with van der Waals surface area (Å²) >= 11 is 0. The van der Waals surface area contributed by atoms with Crippen molar-refractivity contribution in [3.8, 4) is 0 Å². The van der Waals surface area contributed by atoms with Gasteiger partial charge in [-0.2, -0.15) is 0 Å². The summed E-state index contributed by atoms with van der Waals surface area (Å²) in [5, 5.41) is 6.74. The van der Waals surface area contributed by atoms with E-state index in [1.54, 1.807) is 0 Å². The third kappa shape index (κ3) is 6.21. The second-order valence-electron chi connectivity index (χ2n) is 8.67. The van der Waals surface area contributed by atoms with Crippen LogP contribution in [0.15, 0.2) is 72.8 Å². The number of carbonyl (C=O) groups excluding carboxylic acids is 1. The molecule has 3 nitrogen and oxygen atoms in total. The van der Waals surface area contributed by atoms with Gasteiger partial charge in [0, 0.05) is 17.9 Å². The van der Waals surface area contributed by atoms with E-state index in [4.69, 9.17) is 0 Å². The van der Waals surface area contributed by atoms with Crippen molar-refractivity contribution in [1.29, 1.82) is 0 Å². The number of rotatable bonds is 9. The van der Waals surface area contributed by atoms with Crippen LogP contribution in [-0.4, -0.2) is 12.5 Å². The van der Waals surface area contributed by atoms with Gasteiger partial charge in [0.05, 0.1) is 6.42 Å². The van der Waals surface area contributed by atoms with E-state index in [1.807, 2.05) is 24.3 Å². The van der Waals surface area contributed by atoms with Gasteiger partial charge in [-0.25, -0.2) is 0 Å². The maximum absolute atomic E-state index is 13.0. The number of anilines is 2. The van der Waals surface area contributed by atoms with E-state index >= 15 is 0 Å². The molecule has 1 amide bonds. The molecule has 0 heterocycles. The zero-order valence-corrected chi connectivity index (χ0v) is 19.1. The molecule has 162 valence electrons. The lowest BCUT2D eigenvalue weighted by atomic mass is 9.92. The van der Waals surface area contributed by atoms with Gasteiger partial charge in [-0.3, -0.25) is 4.79 Å². The zero-order chi connectivity index (χ0) is 22.2. The molecule has 0 unspecified atom stereocenters. The predicted molar refractivity (Wildman–Crippen MR) is 132 cm³/mol. The standard InChI is InChI=1S/C28H34N2O/c1-20(2)24-14-10-15-25(21(3)4)28(24)30-27(31)19-23-13-8-9-16-26(23)29-18-17-22-11-6-5-7-12-22/h5-16,20-21,29H,17-19H2,1-4H3,(H,30,31). The number of nitrogens with one attached hydrogen (secondary N) is 2. The molecule has 0 bridgehead atoms. The van der Waals surface area contributed by atoms with Crippen LogP contribution >= 0.6 is 0 Å². The Bertz CT molecular complexity index is 967. The highest BCUT2D eigenvalue weighted by molar-refractivity contribution is 5.94. The minimum Gasteiger partial charge on any atom is -0.384 e. The molecule has 0 aromatic heterocycles. The van der Waals surface area contributed by atoms with E-state index in [0.717, 1.165) is 29.9 Å². The highest BCUT2D eigenvalue weighted by Gasteiger charge is 2.16. The molecular formula is C28H34N2O. The summed E-state index contributed by atoms with van der Waals surface area (Å²) in [6, 6.07) is 24.8. The summed E-state index contributed by atoms with van der Waals surface area (Å²) < 4.78 is 0. The van der Waals surface area contributed by atoms with Crippen molar-refractivity contribution < 1.29 is 4.79 Å². The molecule has 3 heteroatoms. The van der Waals surface area contributed by atoms with E-state index in [2.05, 4.69) is 86.9 Å². The van der Waals surface area contributed by atoms with Crippen molar-refractivity contribution in [2.45, 2.75) is 52.4 Å². The SMILES string of the molecule is CC(C)c1cccc(C(C)C)c1NC(=O)Cc1ccccc1NCCc1ccccc1. The first-order valence-electron chi connectivity index (χ1n) is 11.2. The first-order valence-corrected chi connectivity index (χ1v) is 11.2. The van der Waals surface area contributed by atoms with Crippen molar-refractivity contribution in [1.82, 2.24) is 0 Å². The van der Waals surface area contributed by atoms with Crippen LogP contribution in [0.1, 0.15) is 61.8 Å². The first-order chi connectivity index (χ1) is 15.0. The molecule has 0 spiro atoms. The molecule has 0 radical (unpaired) electrons. The predicted octanol–water partition coefficient (Wildman–Crippen LogP) is 6.77. The van der Waals surface area contributed by atoms with Crippen LogP contribution in [-0.2, 0) is 17.6 Å². The Hall–Kier alpha value is -3.07. The normalized spacial score (nSPS) is 11.0. The van der Waals surface area contributed by atoms with Crippen LogP contribution in [0.2, 0.25) is 0 Å². The van der Waals surface area contributed by atoms with E-state index in [-0.39, 0.29) is 5.91 Å². The number of carbonyl (C=O) groups is 1. The van der Waals surface area contributed by atoms with Gasteiger partial charge in [0.2, 0.25) is 5.91 Å². The summed E-state index contributed by atoms with van der Waals surface area (Å²) in [5.41, 5.74) is 6.70. The molecule has 0 saturated heterocycles. The van der Waals surface area contributed by atoms with Gasteiger partial charge in [-0.1, -0.05) is 94.4 Å². The van der Waals surface area contributed by atoms with Gasteiger partial charge in [0.15, 0.2) is 0 Å². The largest absolute Gasteiger partial charge is 0.384 e. The molecule has 2 N–H and O–H groups in total. The van der Waals surface area contributed by atoms with E-state index < -0.39 is 0 Å². The van der Waals surface area contributed by atoms with E-state index in [1.165, 1.54) is 16.7 Å². The molecule has 0 aliphatic heterocycles. The topological polar surface area (TPSA) is 41.1 Å². The second kappa shape index (κ2) is 10.8. The maximum Gasteiger partial charge on any atom is 0.228 e. The fourth-order valence-electron chi connectivity index (χ4n) is 3.89. The van der Waals surface area contributed by atoms with Crippen molar-refractivity contribution in [2.24, 2.45) is 0 Å². The fourth-order valence-corrected chi connectivity index (χ4v) is 3.89. The number of para-hydroxylation sites is 2. The van der Waals surface area contributed by atoms with Gasteiger partial charge < -0.3 is 10.6 Å². The molecule has 3 aromatic rings. The monoisotopic (exact) mass is 414 g/mol. The molecule has 0 aliphatic rings. The lowest BCUT2D eigenvalue weighted by Gasteiger charge is -2.20. The lowest BCUT2D eigenvalue weighted by molar-refractivity contribution is -0.115. The number of hydrogen-bond donors (Lipinski definition) is 2. The lowest BCUT2D eigenvalue weighted by Crippen LogP contribution is -2.19. The Balaban J connectivity index is 1.70. The smallest absolute Gasteiger partial charge is 0.228 e. The van der Waals surface area contributed by atoms with Gasteiger partial charge in [-0.15, -0.1) is 0 Å². The Labute approximate surface area is 186 Å². The summed E-state index contributed by atoms with van der Waals surface area (Å²) in [5.74, 6) is 0.717. The molecule has 3 aromatic carbocycles. The Morgan fingerprint density at radius 3 is 2.03 bits per heavy atom. The van der Waals surface area contributed by atoms with Crippen LogP contribution < -0.4 is 10.6 Å². The van der Waals surface area contributed by atoms with Crippen molar-refractivity contribution in [3.63, 3.8) is 0 Å². The average molecular weight is 415 g/mol. The molecule has 0 saturated carbocycles. The van der Waals surface area contributed by atoms with Gasteiger partial charge in [-0.05, 0) is 46.6 Å². The van der Waals surface area contributed by atoms with Crippen molar-refractivity contribution in [3.05, 3.63) is 95.1 Å². The maximum atomic E-state index is 13.0. The Morgan fingerprint density at radius 2 is 1.39 bits per heavy atom. The highest BCUT2D eigenvalue weighted by atomic mass is 16.1. The number of amides is 1. The van der Waals surface area contributed by atoms with Gasteiger partial charge in [0.1, 0.15) is 0 Å². The van der Waals surface area contributed by atoms with Crippen LogP contribution in [0, 0.1) is 0 Å². The molecule has 0 fully saturated rings. The van der Waals surface area contributed by atoms with E-state index in [9.17, 15) is 4.79 Å². The fraction of sp³-hybridized carbons (Fsp3) is 0.321. The van der Waals surface area contributed by atoms with Crippen LogP contribution in [0.5, 0.6) is 0 Å². The molecule has 0 aliphatic carbocycles. The number of hydrogen-bond acceptors (Lipinski definition) is 2. The Kier molecular flexibility index (Phi) is 7.88. The highest BCUT2D eigenvalue weighted by Crippen LogP contribution is 2.32. The summed E-state index contributed by atoms with van der Waals surface area (Å²) in [4.78, 5) is 13.0. The number of benzene rings is 3. The van der Waals surface area contributed by atoms with Crippen LogP contribution in [0.3, 0.4) is 0 Å². The van der Waals surface area contributed by atoms with Crippen molar-refractivity contribution in [2.75, 3.05) is 17.2 Å². The third-order valence-electron chi connectivity index (χ3n) is 5.58. The average Bonchev–Trinajstić information content (AvgIpc) is 2.75. The summed E-state index contributed by atoms with van der Waals surface area (Å²) in [6.45, 7) is 9.50. The Morgan fingerprint density at radius 1 is 0.774 bits per heavy atom. The minimum atomic E-state index is 0.0207. The van der Waals surface area contributed by atoms with Crippen LogP contribution in [0.4, 0.5) is 11.4 Å². The van der Waals surface area contributed by atoms with Crippen molar-refractivity contribution >= 4 is 17.3 Å². The minimum absolute atomic E-state index is 0.0207. The second-order valence-corrected chi connectivity index (χ2v) is 8.67. The third-order valence-corrected chi connectivity index (χ3v) is 5.58. The molecular weight excluding hydrogens is 380 g/mol. The molecule has 3 rings (SSSR count). The zero-order valence-electron chi connectivity index (χ0n) is 19.1. The summed E-state index contributed by atoms with van der Waals surface area (Å²) in [6.07, 6.45) is 1.29. The summed E-state index contributed by atoms with van der Waals surface area (Å²) in [7, 11) is 0. The quantitative estimate of drug-likeness (QED) is 0.406. The van der Waals surface area contributed by atoms with Gasteiger partial charge in [0.25, 0.3) is 0 Å². The molecule has 31 heavy (non-hydrogen) atoms. The van der Waals surface area contributed by atoms with E-state index in [0.29, 0.717) is 18.3 Å².